The summed E-state index contributed by atoms with van der Waals surface area (Å²) in [6, 6.07) is 4.72. The zero-order chi connectivity index (χ0) is 10.6. The van der Waals surface area contributed by atoms with E-state index in [1.807, 2.05) is 13.8 Å². The molecule has 1 aromatic carbocycles. The minimum atomic E-state index is -0.219. The Balaban J connectivity index is 2.62. The molecule has 1 atom stereocenters. The van der Waals surface area contributed by atoms with Crippen LogP contribution in [0.1, 0.15) is 12.5 Å². The smallest absolute Gasteiger partial charge is 0.125 e. The standard InChI is InChI=1S/C11H16FNO/c1-8-4-5-10(12)6-11(8)13-7-9(2)14-3/h4-6,9,13H,7H2,1-3H3. The van der Waals surface area contributed by atoms with Gasteiger partial charge in [-0.05, 0) is 31.5 Å². The van der Waals surface area contributed by atoms with Crippen LogP contribution >= 0.6 is 0 Å². The molecule has 0 amide bonds. The second kappa shape index (κ2) is 4.96. The third-order valence-electron chi connectivity index (χ3n) is 2.18. The fourth-order valence-electron chi connectivity index (χ4n) is 1.12. The molecule has 0 saturated heterocycles. The fourth-order valence-corrected chi connectivity index (χ4v) is 1.12. The van der Waals surface area contributed by atoms with Gasteiger partial charge in [0.15, 0.2) is 0 Å². The van der Waals surface area contributed by atoms with Crippen molar-refractivity contribution in [1.82, 2.24) is 0 Å². The third kappa shape index (κ3) is 3.00. The average molecular weight is 197 g/mol. The average Bonchev–Trinajstić information content (AvgIpc) is 2.19. The Kier molecular flexibility index (Phi) is 3.89. The number of ether oxygens (including phenoxy) is 1. The van der Waals surface area contributed by atoms with Gasteiger partial charge in [0.25, 0.3) is 0 Å². The topological polar surface area (TPSA) is 21.3 Å². The van der Waals surface area contributed by atoms with Crippen molar-refractivity contribution in [3.8, 4) is 0 Å². The highest BCUT2D eigenvalue weighted by atomic mass is 19.1. The van der Waals surface area contributed by atoms with Crippen LogP contribution in [0.4, 0.5) is 10.1 Å². The maximum absolute atomic E-state index is 12.9. The number of hydrogen-bond acceptors (Lipinski definition) is 2. The van der Waals surface area contributed by atoms with E-state index < -0.39 is 0 Å². The van der Waals surface area contributed by atoms with Crippen LogP contribution in [0.15, 0.2) is 18.2 Å². The van der Waals surface area contributed by atoms with Crippen molar-refractivity contribution in [2.75, 3.05) is 19.0 Å². The lowest BCUT2D eigenvalue weighted by molar-refractivity contribution is 0.129. The molecule has 14 heavy (non-hydrogen) atoms. The van der Waals surface area contributed by atoms with Gasteiger partial charge in [-0.1, -0.05) is 6.07 Å². The van der Waals surface area contributed by atoms with Crippen LogP contribution in [-0.4, -0.2) is 19.8 Å². The summed E-state index contributed by atoms with van der Waals surface area (Å²) in [4.78, 5) is 0. The first-order valence-corrected chi connectivity index (χ1v) is 4.66. The molecule has 0 spiro atoms. The first-order chi connectivity index (χ1) is 6.63. The van der Waals surface area contributed by atoms with Crippen molar-refractivity contribution in [3.63, 3.8) is 0 Å². The van der Waals surface area contributed by atoms with Gasteiger partial charge >= 0.3 is 0 Å². The molecule has 1 unspecified atom stereocenters. The zero-order valence-corrected chi connectivity index (χ0v) is 8.80. The van der Waals surface area contributed by atoms with Gasteiger partial charge in [0.05, 0.1) is 6.10 Å². The second-order valence-corrected chi connectivity index (χ2v) is 3.39. The Hall–Kier alpha value is -1.09. The van der Waals surface area contributed by atoms with E-state index in [1.54, 1.807) is 13.2 Å². The van der Waals surface area contributed by atoms with Gasteiger partial charge in [-0.2, -0.15) is 0 Å². The minimum Gasteiger partial charge on any atom is -0.382 e. The fraction of sp³-hybridized carbons (Fsp3) is 0.455. The van der Waals surface area contributed by atoms with E-state index in [4.69, 9.17) is 4.74 Å². The van der Waals surface area contributed by atoms with Crippen LogP contribution in [0.25, 0.3) is 0 Å². The number of rotatable bonds is 4. The van der Waals surface area contributed by atoms with Gasteiger partial charge in [-0.3, -0.25) is 0 Å². The predicted octanol–water partition coefficient (Wildman–Crippen LogP) is 2.58. The zero-order valence-electron chi connectivity index (χ0n) is 8.80. The molecule has 78 valence electrons. The minimum absolute atomic E-state index is 0.123. The first kappa shape index (κ1) is 11.0. The monoisotopic (exact) mass is 197 g/mol. The number of hydrogen-bond donors (Lipinski definition) is 1. The van der Waals surface area contributed by atoms with Crippen LogP contribution < -0.4 is 5.32 Å². The lowest BCUT2D eigenvalue weighted by atomic mass is 10.2. The van der Waals surface area contributed by atoms with Crippen molar-refractivity contribution in [1.29, 1.82) is 0 Å². The number of halogens is 1. The van der Waals surface area contributed by atoms with Gasteiger partial charge < -0.3 is 10.1 Å². The summed E-state index contributed by atoms with van der Waals surface area (Å²) >= 11 is 0. The molecule has 2 nitrogen and oxygen atoms in total. The molecule has 0 fully saturated rings. The third-order valence-corrected chi connectivity index (χ3v) is 2.18. The summed E-state index contributed by atoms with van der Waals surface area (Å²) in [6.07, 6.45) is 0.123. The highest BCUT2D eigenvalue weighted by Gasteiger charge is 2.02. The molecular formula is C11H16FNO. The van der Waals surface area contributed by atoms with Gasteiger partial charge in [0.2, 0.25) is 0 Å². The molecule has 0 aromatic heterocycles. The molecule has 0 aliphatic heterocycles. The van der Waals surface area contributed by atoms with E-state index in [9.17, 15) is 4.39 Å². The lowest BCUT2D eigenvalue weighted by Crippen LogP contribution is -2.18. The van der Waals surface area contributed by atoms with Crippen molar-refractivity contribution in [2.45, 2.75) is 20.0 Å². The van der Waals surface area contributed by atoms with Gasteiger partial charge in [0, 0.05) is 19.3 Å². The summed E-state index contributed by atoms with van der Waals surface area (Å²) in [5.74, 6) is -0.219. The van der Waals surface area contributed by atoms with Gasteiger partial charge in [-0.15, -0.1) is 0 Å². The molecule has 0 aliphatic carbocycles. The number of benzene rings is 1. The van der Waals surface area contributed by atoms with E-state index in [1.165, 1.54) is 12.1 Å². The number of methoxy groups -OCH3 is 1. The highest BCUT2D eigenvalue weighted by Crippen LogP contribution is 2.15. The number of nitrogens with one attached hydrogen (secondary N) is 1. The van der Waals surface area contributed by atoms with Crippen LogP contribution in [0.5, 0.6) is 0 Å². The van der Waals surface area contributed by atoms with Crippen molar-refractivity contribution >= 4 is 5.69 Å². The quantitative estimate of drug-likeness (QED) is 0.801. The maximum Gasteiger partial charge on any atom is 0.125 e. The molecule has 0 bridgehead atoms. The predicted molar refractivity (Wildman–Crippen MR) is 56.1 cm³/mol. The largest absolute Gasteiger partial charge is 0.382 e. The molecule has 1 N–H and O–H groups in total. The lowest BCUT2D eigenvalue weighted by Gasteiger charge is -2.13. The summed E-state index contributed by atoms with van der Waals surface area (Å²) in [5, 5.41) is 3.14. The van der Waals surface area contributed by atoms with Crippen molar-refractivity contribution < 1.29 is 9.13 Å². The Labute approximate surface area is 84.1 Å². The van der Waals surface area contributed by atoms with Gasteiger partial charge in [0.1, 0.15) is 5.82 Å². The number of aryl methyl sites for hydroxylation is 1. The molecule has 0 aliphatic rings. The SMILES string of the molecule is COC(C)CNc1cc(F)ccc1C. The maximum atomic E-state index is 12.9. The molecule has 1 rings (SSSR count). The summed E-state index contributed by atoms with van der Waals surface area (Å²) in [5.41, 5.74) is 1.86. The summed E-state index contributed by atoms with van der Waals surface area (Å²) < 4.78 is 18.0. The van der Waals surface area contributed by atoms with Gasteiger partial charge in [-0.25, -0.2) is 4.39 Å². The summed E-state index contributed by atoms with van der Waals surface area (Å²) in [7, 11) is 1.66. The van der Waals surface area contributed by atoms with E-state index in [2.05, 4.69) is 5.32 Å². The Bertz CT molecular complexity index is 301. The van der Waals surface area contributed by atoms with Crippen molar-refractivity contribution in [3.05, 3.63) is 29.6 Å². The molecule has 1 aromatic rings. The van der Waals surface area contributed by atoms with Crippen molar-refractivity contribution in [2.24, 2.45) is 0 Å². The molecule has 3 heteroatoms. The molecule has 0 radical (unpaired) electrons. The van der Waals surface area contributed by atoms with Crippen LogP contribution in [0, 0.1) is 12.7 Å². The highest BCUT2D eigenvalue weighted by molar-refractivity contribution is 5.50. The Morgan fingerprint density at radius 2 is 2.21 bits per heavy atom. The summed E-state index contributed by atoms with van der Waals surface area (Å²) in [6.45, 7) is 4.58. The van der Waals surface area contributed by atoms with E-state index in [0.29, 0.717) is 6.54 Å². The first-order valence-electron chi connectivity index (χ1n) is 4.66. The Morgan fingerprint density at radius 1 is 1.50 bits per heavy atom. The normalized spacial score (nSPS) is 12.6. The Morgan fingerprint density at radius 3 is 2.86 bits per heavy atom. The van der Waals surface area contributed by atoms with Crippen LogP contribution in [0.2, 0.25) is 0 Å². The molecule has 0 heterocycles. The van der Waals surface area contributed by atoms with Crippen LogP contribution in [-0.2, 0) is 4.74 Å². The number of anilines is 1. The second-order valence-electron chi connectivity index (χ2n) is 3.39. The molecular weight excluding hydrogens is 181 g/mol. The van der Waals surface area contributed by atoms with E-state index >= 15 is 0 Å². The van der Waals surface area contributed by atoms with E-state index in [0.717, 1.165) is 11.3 Å². The van der Waals surface area contributed by atoms with Crippen LogP contribution in [0.3, 0.4) is 0 Å². The molecule has 0 saturated carbocycles. The van der Waals surface area contributed by atoms with E-state index in [-0.39, 0.29) is 11.9 Å².